The van der Waals surface area contributed by atoms with Gasteiger partial charge in [-0.3, -0.25) is 0 Å². The number of rotatable bonds is 3. The van der Waals surface area contributed by atoms with Crippen molar-refractivity contribution in [1.29, 1.82) is 0 Å². The van der Waals surface area contributed by atoms with Gasteiger partial charge in [0.1, 0.15) is 11.6 Å². The maximum atomic E-state index is 14.3. The first kappa shape index (κ1) is 20.8. The molecule has 1 aliphatic rings. The molecule has 0 saturated heterocycles. The van der Waals surface area contributed by atoms with E-state index in [9.17, 15) is 4.39 Å². The largest absolute Gasteiger partial charge is 0.497 e. The van der Waals surface area contributed by atoms with E-state index in [-0.39, 0.29) is 11.9 Å². The number of thiocarbonyl (C=S) groups is 1. The van der Waals surface area contributed by atoms with Crippen molar-refractivity contribution < 1.29 is 9.13 Å². The second kappa shape index (κ2) is 8.45. The average Bonchev–Trinajstić information content (AvgIpc) is 3.18. The third kappa shape index (κ3) is 3.70. The monoisotopic (exact) mass is 465 g/mol. The Morgan fingerprint density at radius 2 is 1.94 bits per heavy atom. The van der Waals surface area contributed by atoms with E-state index in [1.54, 1.807) is 25.3 Å². The van der Waals surface area contributed by atoms with Crippen LogP contribution in [-0.4, -0.2) is 28.7 Å². The molecule has 162 valence electrons. The first-order valence-electron chi connectivity index (χ1n) is 10.3. The van der Waals surface area contributed by atoms with Gasteiger partial charge in [-0.15, -0.1) is 0 Å². The van der Waals surface area contributed by atoms with Crippen LogP contribution in [-0.2, 0) is 6.42 Å². The number of ether oxygens (including phenoxy) is 1. The third-order valence-electron chi connectivity index (χ3n) is 5.90. The zero-order chi connectivity index (χ0) is 22.2. The number of hydrogen-bond acceptors (Lipinski definition) is 2. The second-order valence-corrected chi connectivity index (χ2v) is 8.56. The van der Waals surface area contributed by atoms with E-state index in [4.69, 9.17) is 28.6 Å². The van der Waals surface area contributed by atoms with Gasteiger partial charge in [0.25, 0.3) is 0 Å². The first-order chi connectivity index (χ1) is 15.5. The number of halogens is 2. The number of aromatic nitrogens is 1. The summed E-state index contributed by atoms with van der Waals surface area (Å²) in [6.45, 7) is 0.684. The van der Waals surface area contributed by atoms with Gasteiger partial charge in [-0.1, -0.05) is 35.9 Å². The van der Waals surface area contributed by atoms with E-state index in [0.29, 0.717) is 22.4 Å². The molecule has 0 bridgehead atoms. The van der Waals surface area contributed by atoms with E-state index in [1.165, 1.54) is 11.6 Å². The van der Waals surface area contributed by atoms with Crippen molar-refractivity contribution in [3.63, 3.8) is 0 Å². The molecule has 0 amide bonds. The van der Waals surface area contributed by atoms with E-state index in [0.717, 1.165) is 34.3 Å². The molecule has 2 heterocycles. The van der Waals surface area contributed by atoms with E-state index in [2.05, 4.69) is 15.2 Å². The molecule has 0 fully saturated rings. The molecule has 1 aliphatic heterocycles. The Labute approximate surface area is 196 Å². The average molecular weight is 466 g/mol. The highest BCUT2D eigenvalue weighted by Gasteiger charge is 2.33. The van der Waals surface area contributed by atoms with Crippen LogP contribution >= 0.6 is 23.8 Å². The van der Waals surface area contributed by atoms with Crippen molar-refractivity contribution in [2.24, 2.45) is 0 Å². The van der Waals surface area contributed by atoms with Crippen LogP contribution in [0.3, 0.4) is 0 Å². The molecule has 32 heavy (non-hydrogen) atoms. The molecule has 3 aromatic carbocycles. The van der Waals surface area contributed by atoms with E-state index < -0.39 is 0 Å². The molecule has 2 N–H and O–H groups in total. The minimum Gasteiger partial charge on any atom is -0.497 e. The number of benzene rings is 3. The fraction of sp³-hybridized carbons (Fsp3) is 0.160. The molecule has 5 rings (SSSR count). The number of hydrogen-bond donors (Lipinski definition) is 2. The summed E-state index contributed by atoms with van der Waals surface area (Å²) in [5.41, 5.74) is 4.75. The number of methoxy groups -OCH3 is 1. The van der Waals surface area contributed by atoms with Gasteiger partial charge >= 0.3 is 0 Å². The van der Waals surface area contributed by atoms with Crippen LogP contribution in [0.15, 0.2) is 66.7 Å². The van der Waals surface area contributed by atoms with Crippen molar-refractivity contribution in [1.82, 2.24) is 9.88 Å². The third-order valence-corrected chi connectivity index (χ3v) is 6.47. The Bertz CT molecular complexity index is 1300. The van der Waals surface area contributed by atoms with Gasteiger partial charge < -0.3 is 19.9 Å². The van der Waals surface area contributed by atoms with Crippen LogP contribution in [0.4, 0.5) is 10.1 Å². The van der Waals surface area contributed by atoms with Gasteiger partial charge in [-0.05, 0) is 72.2 Å². The summed E-state index contributed by atoms with van der Waals surface area (Å²) in [7, 11) is 1.65. The highest BCUT2D eigenvalue weighted by Crippen LogP contribution is 2.39. The van der Waals surface area contributed by atoms with Gasteiger partial charge in [-0.25, -0.2) is 4.39 Å². The maximum absolute atomic E-state index is 14.3. The quantitative estimate of drug-likeness (QED) is 0.348. The molecule has 0 aliphatic carbocycles. The molecule has 4 nitrogen and oxygen atoms in total. The van der Waals surface area contributed by atoms with Gasteiger partial charge in [0, 0.05) is 28.2 Å². The van der Waals surface area contributed by atoms with Crippen molar-refractivity contribution in [2.45, 2.75) is 12.5 Å². The topological polar surface area (TPSA) is 40.3 Å². The highest BCUT2D eigenvalue weighted by atomic mass is 35.5. The summed E-state index contributed by atoms with van der Waals surface area (Å²) in [6.07, 6.45) is 0.793. The van der Waals surface area contributed by atoms with Crippen LogP contribution < -0.4 is 10.1 Å². The number of nitrogens with zero attached hydrogens (tertiary/aromatic N) is 1. The standard InChI is InChI=1S/C25H21ClFN3OS/c1-31-17-9-6-15(7-10-17)24-23-18(19-14-16(26)8-11-21(19)28-23)12-13-30(24)25(32)29-22-5-3-2-4-20(22)27/h2-11,14,24,28H,12-13H2,1H3,(H,29,32). The molecule has 7 heteroatoms. The Morgan fingerprint density at radius 3 is 2.69 bits per heavy atom. The van der Waals surface area contributed by atoms with E-state index in [1.807, 2.05) is 42.5 Å². The predicted molar refractivity (Wildman–Crippen MR) is 131 cm³/mol. The van der Waals surface area contributed by atoms with Crippen LogP contribution in [0, 0.1) is 5.82 Å². The maximum Gasteiger partial charge on any atom is 0.174 e. The number of nitrogens with one attached hydrogen (secondary N) is 2. The summed E-state index contributed by atoms with van der Waals surface area (Å²) in [4.78, 5) is 5.69. The lowest BCUT2D eigenvalue weighted by Crippen LogP contribution is -2.43. The Balaban J connectivity index is 1.59. The minimum atomic E-state index is -0.339. The SMILES string of the molecule is COc1ccc(C2c3[nH]c4ccc(Cl)cc4c3CCN2C(=S)Nc2ccccc2F)cc1. The normalized spacial score (nSPS) is 15.5. The summed E-state index contributed by atoms with van der Waals surface area (Å²) < 4.78 is 19.6. The zero-order valence-corrected chi connectivity index (χ0v) is 18.9. The fourth-order valence-corrected chi connectivity index (χ4v) is 4.84. The lowest BCUT2D eigenvalue weighted by molar-refractivity contribution is 0.339. The van der Waals surface area contributed by atoms with Gasteiger partial charge in [0.15, 0.2) is 5.11 Å². The molecule has 0 radical (unpaired) electrons. The van der Waals surface area contributed by atoms with Crippen molar-refractivity contribution in [3.05, 3.63) is 94.4 Å². The Kier molecular flexibility index (Phi) is 5.49. The molecular weight excluding hydrogens is 445 g/mol. The summed E-state index contributed by atoms with van der Waals surface area (Å²) >= 11 is 12.0. The number of H-pyrrole nitrogens is 1. The molecule has 1 aromatic heterocycles. The summed E-state index contributed by atoms with van der Waals surface area (Å²) in [5.74, 6) is 0.445. The van der Waals surface area contributed by atoms with Crippen LogP contribution in [0.25, 0.3) is 10.9 Å². The van der Waals surface area contributed by atoms with E-state index >= 15 is 0 Å². The van der Waals surface area contributed by atoms with Crippen LogP contribution in [0.5, 0.6) is 5.75 Å². The van der Waals surface area contributed by atoms with Gasteiger partial charge in [0.05, 0.1) is 18.8 Å². The molecule has 0 saturated carbocycles. The minimum absolute atomic E-state index is 0.164. The lowest BCUT2D eigenvalue weighted by Gasteiger charge is -2.38. The molecule has 4 aromatic rings. The zero-order valence-electron chi connectivity index (χ0n) is 17.4. The molecule has 1 atom stereocenters. The number of anilines is 1. The Morgan fingerprint density at radius 1 is 1.16 bits per heavy atom. The van der Waals surface area contributed by atoms with Crippen molar-refractivity contribution in [2.75, 3.05) is 19.0 Å². The first-order valence-corrected chi connectivity index (χ1v) is 11.1. The van der Waals surface area contributed by atoms with Crippen LogP contribution in [0.2, 0.25) is 5.02 Å². The molecule has 1 unspecified atom stereocenters. The van der Waals surface area contributed by atoms with Gasteiger partial charge in [-0.2, -0.15) is 0 Å². The van der Waals surface area contributed by atoms with Gasteiger partial charge in [0.2, 0.25) is 0 Å². The van der Waals surface area contributed by atoms with Crippen LogP contribution in [0.1, 0.15) is 22.9 Å². The molecule has 0 spiro atoms. The number of para-hydroxylation sites is 1. The highest BCUT2D eigenvalue weighted by molar-refractivity contribution is 7.80. The Hall–Kier alpha value is -3.09. The lowest BCUT2D eigenvalue weighted by atomic mass is 9.92. The fourth-order valence-electron chi connectivity index (χ4n) is 4.36. The van der Waals surface area contributed by atoms with Crippen molar-refractivity contribution >= 4 is 45.5 Å². The summed E-state index contributed by atoms with van der Waals surface area (Å²) in [5, 5.41) is 5.40. The number of fused-ring (bicyclic) bond motifs is 3. The number of aromatic amines is 1. The predicted octanol–water partition coefficient (Wildman–Crippen LogP) is 6.31. The smallest absolute Gasteiger partial charge is 0.174 e. The second-order valence-electron chi connectivity index (χ2n) is 7.74. The molecular formula is C25H21ClFN3OS. The summed E-state index contributed by atoms with van der Waals surface area (Å²) in [6, 6.07) is 20.2. The van der Waals surface area contributed by atoms with Crippen molar-refractivity contribution in [3.8, 4) is 5.75 Å².